The molecule has 152 valence electrons. The van der Waals surface area contributed by atoms with Crippen LogP contribution in [0.5, 0.6) is 5.75 Å². The van der Waals surface area contributed by atoms with Gasteiger partial charge in [-0.1, -0.05) is 62.2 Å². The molecule has 0 bridgehead atoms. The molecule has 2 aromatic carbocycles. The number of aliphatic hydroxyl groups is 1. The highest BCUT2D eigenvalue weighted by Crippen LogP contribution is 2.33. The first-order valence-corrected chi connectivity index (χ1v) is 10.5. The Hall–Kier alpha value is -1.88. The van der Waals surface area contributed by atoms with Crippen LogP contribution in [-0.2, 0) is 4.74 Å². The molecule has 2 atom stereocenters. The van der Waals surface area contributed by atoms with E-state index in [1.165, 1.54) is 18.4 Å². The van der Waals surface area contributed by atoms with Crippen molar-refractivity contribution in [3.8, 4) is 5.75 Å². The van der Waals surface area contributed by atoms with Gasteiger partial charge in [0.15, 0.2) is 0 Å². The van der Waals surface area contributed by atoms with Gasteiger partial charge in [-0.05, 0) is 29.7 Å². The second-order valence-corrected chi connectivity index (χ2v) is 7.50. The zero-order valence-corrected chi connectivity index (χ0v) is 16.9. The van der Waals surface area contributed by atoms with Crippen molar-refractivity contribution in [2.75, 3.05) is 39.5 Å². The first-order chi connectivity index (χ1) is 13.8. The summed E-state index contributed by atoms with van der Waals surface area (Å²) in [5.41, 5.74) is 2.10. The first kappa shape index (κ1) is 20.8. The van der Waals surface area contributed by atoms with E-state index in [0.717, 1.165) is 57.2 Å². The second-order valence-electron chi connectivity index (χ2n) is 7.50. The Bertz CT molecular complexity index is 668. The molecule has 0 aliphatic carbocycles. The Morgan fingerprint density at radius 3 is 2.36 bits per heavy atom. The normalized spacial score (nSPS) is 17.2. The molecule has 3 rings (SSSR count). The Morgan fingerprint density at radius 1 is 0.964 bits per heavy atom. The second kappa shape index (κ2) is 11.2. The van der Waals surface area contributed by atoms with E-state index in [1.807, 2.05) is 42.5 Å². The molecule has 1 N–H and O–H groups in total. The summed E-state index contributed by atoms with van der Waals surface area (Å²) in [6.45, 7) is 7.13. The summed E-state index contributed by atoms with van der Waals surface area (Å²) in [5.74, 6) is 0.895. The van der Waals surface area contributed by atoms with Gasteiger partial charge < -0.3 is 14.6 Å². The lowest BCUT2D eigenvalue weighted by atomic mass is 9.88. The molecule has 0 radical (unpaired) electrons. The van der Waals surface area contributed by atoms with E-state index < -0.39 is 6.10 Å². The minimum absolute atomic E-state index is 0.0237. The van der Waals surface area contributed by atoms with Gasteiger partial charge in [0.1, 0.15) is 5.75 Å². The van der Waals surface area contributed by atoms with Gasteiger partial charge in [-0.3, -0.25) is 4.90 Å². The van der Waals surface area contributed by atoms with Crippen LogP contribution in [0.4, 0.5) is 0 Å². The highest BCUT2D eigenvalue weighted by molar-refractivity contribution is 5.32. The van der Waals surface area contributed by atoms with E-state index in [0.29, 0.717) is 0 Å². The predicted octanol–water partition coefficient (Wildman–Crippen LogP) is 4.41. The molecule has 0 spiro atoms. The van der Waals surface area contributed by atoms with Crippen molar-refractivity contribution in [1.82, 2.24) is 4.90 Å². The molecular weight excluding hydrogens is 350 g/mol. The molecule has 0 aromatic heterocycles. The quantitative estimate of drug-likeness (QED) is 0.617. The van der Waals surface area contributed by atoms with E-state index in [-0.39, 0.29) is 5.92 Å². The van der Waals surface area contributed by atoms with Gasteiger partial charge in [0.25, 0.3) is 0 Å². The number of nitrogens with zero attached hydrogens (tertiary/aromatic N) is 1. The summed E-state index contributed by atoms with van der Waals surface area (Å²) in [5, 5.41) is 11.2. The average Bonchev–Trinajstić information content (AvgIpc) is 2.76. The van der Waals surface area contributed by atoms with Crippen LogP contribution in [0.25, 0.3) is 0 Å². The van der Waals surface area contributed by atoms with Gasteiger partial charge in [0.2, 0.25) is 0 Å². The summed E-state index contributed by atoms with van der Waals surface area (Å²) >= 11 is 0. The van der Waals surface area contributed by atoms with Crippen LogP contribution < -0.4 is 4.74 Å². The fourth-order valence-electron chi connectivity index (χ4n) is 3.69. The molecule has 0 saturated carbocycles. The molecule has 1 saturated heterocycles. The number of rotatable bonds is 10. The Balaban J connectivity index is 1.68. The SMILES string of the molecule is CCCCCOc1ccc([C@@H](O)[C@@H](CN2CCOCC2)c2ccccc2)cc1. The van der Waals surface area contributed by atoms with Crippen molar-refractivity contribution in [3.63, 3.8) is 0 Å². The molecule has 4 heteroatoms. The first-order valence-electron chi connectivity index (χ1n) is 10.5. The molecule has 2 aromatic rings. The zero-order chi connectivity index (χ0) is 19.6. The maximum atomic E-state index is 11.2. The van der Waals surface area contributed by atoms with Crippen molar-refractivity contribution in [2.24, 2.45) is 0 Å². The van der Waals surface area contributed by atoms with Crippen molar-refractivity contribution >= 4 is 0 Å². The largest absolute Gasteiger partial charge is 0.494 e. The predicted molar refractivity (Wildman–Crippen MR) is 113 cm³/mol. The van der Waals surface area contributed by atoms with E-state index in [9.17, 15) is 5.11 Å². The lowest BCUT2D eigenvalue weighted by molar-refractivity contribution is 0.0240. The molecule has 1 aliphatic heterocycles. The van der Waals surface area contributed by atoms with Gasteiger partial charge in [-0.25, -0.2) is 0 Å². The Labute approximate surface area is 169 Å². The molecule has 28 heavy (non-hydrogen) atoms. The lowest BCUT2D eigenvalue weighted by Gasteiger charge is -2.33. The minimum atomic E-state index is -0.556. The van der Waals surface area contributed by atoms with Crippen LogP contribution in [0.1, 0.15) is 49.3 Å². The topological polar surface area (TPSA) is 41.9 Å². The van der Waals surface area contributed by atoms with E-state index in [2.05, 4.69) is 24.0 Å². The monoisotopic (exact) mass is 383 g/mol. The molecular formula is C24H33NO3. The maximum absolute atomic E-state index is 11.2. The number of hydrogen-bond donors (Lipinski definition) is 1. The van der Waals surface area contributed by atoms with Crippen LogP contribution in [0.2, 0.25) is 0 Å². The fourth-order valence-corrected chi connectivity index (χ4v) is 3.69. The number of aliphatic hydroxyl groups excluding tert-OH is 1. The Morgan fingerprint density at radius 2 is 1.68 bits per heavy atom. The van der Waals surface area contributed by atoms with E-state index in [4.69, 9.17) is 9.47 Å². The van der Waals surface area contributed by atoms with Crippen LogP contribution in [-0.4, -0.2) is 49.5 Å². The zero-order valence-electron chi connectivity index (χ0n) is 16.9. The minimum Gasteiger partial charge on any atom is -0.494 e. The maximum Gasteiger partial charge on any atom is 0.119 e. The third-order valence-corrected chi connectivity index (χ3v) is 5.41. The van der Waals surface area contributed by atoms with Gasteiger partial charge in [0.05, 0.1) is 25.9 Å². The number of hydrogen-bond acceptors (Lipinski definition) is 4. The van der Waals surface area contributed by atoms with Crippen LogP contribution in [0.15, 0.2) is 54.6 Å². The van der Waals surface area contributed by atoms with Gasteiger partial charge in [0, 0.05) is 25.6 Å². The van der Waals surface area contributed by atoms with Gasteiger partial charge >= 0.3 is 0 Å². The fraction of sp³-hybridized carbons (Fsp3) is 0.500. The number of benzene rings is 2. The molecule has 1 fully saturated rings. The summed E-state index contributed by atoms with van der Waals surface area (Å²) in [7, 11) is 0. The van der Waals surface area contributed by atoms with Gasteiger partial charge in [-0.15, -0.1) is 0 Å². The number of unbranched alkanes of at least 4 members (excludes halogenated alkanes) is 2. The van der Waals surface area contributed by atoms with Crippen LogP contribution >= 0.6 is 0 Å². The highest BCUT2D eigenvalue weighted by atomic mass is 16.5. The van der Waals surface area contributed by atoms with Crippen molar-refractivity contribution < 1.29 is 14.6 Å². The van der Waals surface area contributed by atoms with Crippen molar-refractivity contribution in [2.45, 2.75) is 38.2 Å². The summed E-state index contributed by atoms with van der Waals surface area (Å²) in [4.78, 5) is 2.38. The lowest BCUT2D eigenvalue weighted by Crippen LogP contribution is -2.39. The molecule has 4 nitrogen and oxygen atoms in total. The molecule has 1 aliphatic rings. The van der Waals surface area contributed by atoms with E-state index >= 15 is 0 Å². The van der Waals surface area contributed by atoms with Gasteiger partial charge in [-0.2, -0.15) is 0 Å². The number of morpholine rings is 1. The summed E-state index contributed by atoms with van der Waals surface area (Å²) in [6, 6.07) is 18.3. The molecule has 0 unspecified atom stereocenters. The standard InChI is InChI=1S/C24H33NO3/c1-2-3-7-16-28-22-12-10-21(11-13-22)24(26)23(20-8-5-4-6-9-20)19-25-14-17-27-18-15-25/h4-6,8-13,23-24,26H,2-3,7,14-19H2,1H3/t23-,24+/m0/s1. The summed E-state index contributed by atoms with van der Waals surface area (Å²) in [6.07, 6.45) is 2.91. The number of ether oxygens (including phenoxy) is 2. The van der Waals surface area contributed by atoms with Crippen molar-refractivity contribution in [3.05, 3.63) is 65.7 Å². The summed E-state index contributed by atoms with van der Waals surface area (Å²) < 4.78 is 11.3. The van der Waals surface area contributed by atoms with Crippen molar-refractivity contribution in [1.29, 1.82) is 0 Å². The van der Waals surface area contributed by atoms with Crippen LogP contribution in [0.3, 0.4) is 0 Å². The van der Waals surface area contributed by atoms with E-state index in [1.54, 1.807) is 0 Å². The Kier molecular flexibility index (Phi) is 8.34. The highest BCUT2D eigenvalue weighted by Gasteiger charge is 2.26. The van der Waals surface area contributed by atoms with Crippen LogP contribution in [0, 0.1) is 0 Å². The molecule has 0 amide bonds. The molecule has 1 heterocycles. The smallest absolute Gasteiger partial charge is 0.119 e. The average molecular weight is 384 g/mol. The third-order valence-electron chi connectivity index (χ3n) is 5.41. The third kappa shape index (κ3) is 6.06.